The summed E-state index contributed by atoms with van der Waals surface area (Å²) in [6.07, 6.45) is 4.28. The predicted molar refractivity (Wildman–Crippen MR) is 160 cm³/mol. The summed E-state index contributed by atoms with van der Waals surface area (Å²) in [5, 5.41) is 3.30. The Morgan fingerprint density at radius 3 is 2.22 bits per heavy atom. The van der Waals surface area contributed by atoms with Crippen LogP contribution < -0.4 is 14.4 Å². The number of para-hydroxylation sites is 1. The minimum absolute atomic E-state index is 0.0282. The topological polar surface area (TPSA) is 96.0 Å². The molecule has 0 radical (unpaired) electrons. The zero-order valence-corrected chi connectivity index (χ0v) is 24.9. The molecule has 10 heteroatoms. The first-order chi connectivity index (χ1) is 19.7. The molecule has 8 nitrogen and oxygen atoms in total. The number of anilines is 1. The molecule has 3 aromatic rings. The minimum Gasteiger partial charge on any atom is -0.497 e. The van der Waals surface area contributed by atoms with Crippen molar-refractivity contribution in [2.45, 2.75) is 62.6 Å². The van der Waals surface area contributed by atoms with Gasteiger partial charge in [-0.15, -0.1) is 0 Å². The fourth-order valence-electron chi connectivity index (χ4n) is 5.10. The third-order valence-corrected chi connectivity index (χ3v) is 9.42. The van der Waals surface area contributed by atoms with Crippen molar-refractivity contribution >= 4 is 39.1 Å². The number of rotatable bonds is 12. The van der Waals surface area contributed by atoms with Gasteiger partial charge in [0, 0.05) is 12.6 Å². The van der Waals surface area contributed by atoms with Gasteiger partial charge in [-0.3, -0.25) is 13.9 Å². The Labute approximate surface area is 247 Å². The van der Waals surface area contributed by atoms with Crippen molar-refractivity contribution in [2.75, 3.05) is 18.0 Å². The highest BCUT2D eigenvalue weighted by atomic mass is 35.5. The molecule has 0 spiro atoms. The number of hydrogen-bond acceptors (Lipinski definition) is 5. The molecule has 0 heterocycles. The molecule has 41 heavy (non-hydrogen) atoms. The second-order valence-electron chi connectivity index (χ2n) is 10.1. The lowest BCUT2D eigenvalue weighted by atomic mass is 10.1. The fraction of sp³-hybridized carbons (Fsp3) is 0.355. The number of halogens is 1. The van der Waals surface area contributed by atoms with Crippen LogP contribution in [0.1, 0.15) is 44.6 Å². The molecule has 4 rings (SSSR count). The summed E-state index contributed by atoms with van der Waals surface area (Å²) in [6, 6.07) is 20.9. The van der Waals surface area contributed by atoms with Crippen LogP contribution in [0.25, 0.3) is 0 Å². The molecular formula is C31H36ClN3O5S. The molecular weight excluding hydrogens is 562 g/mol. The molecule has 2 amide bonds. The molecule has 1 atom stereocenters. The van der Waals surface area contributed by atoms with Crippen LogP contribution in [0.2, 0.25) is 5.02 Å². The number of hydrogen-bond donors (Lipinski definition) is 1. The van der Waals surface area contributed by atoms with E-state index < -0.39 is 28.5 Å². The van der Waals surface area contributed by atoms with E-state index in [-0.39, 0.29) is 34.1 Å². The maximum absolute atomic E-state index is 14.2. The molecule has 1 N–H and O–H groups in total. The number of carbonyl (C=O) groups excluding carboxylic acids is 2. The lowest BCUT2D eigenvalue weighted by molar-refractivity contribution is -0.140. The van der Waals surface area contributed by atoms with Crippen LogP contribution in [-0.2, 0) is 26.2 Å². The SMILES string of the molecule is CCC(C(=O)NC1CCCC1)N(Cc1ccc(OC)cc1)C(=O)CN(c1ccccc1Cl)S(=O)(=O)c1ccccc1. The van der Waals surface area contributed by atoms with Crippen LogP contribution in [0.3, 0.4) is 0 Å². The molecule has 218 valence electrons. The molecule has 3 aromatic carbocycles. The first kappa shape index (κ1) is 30.4. The van der Waals surface area contributed by atoms with E-state index in [9.17, 15) is 18.0 Å². The Morgan fingerprint density at radius 2 is 1.61 bits per heavy atom. The molecule has 1 aliphatic carbocycles. The van der Waals surface area contributed by atoms with E-state index in [4.69, 9.17) is 16.3 Å². The minimum atomic E-state index is -4.17. The first-order valence-corrected chi connectivity index (χ1v) is 15.6. The van der Waals surface area contributed by atoms with Gasteiger partial charge in [0.2, 0.25) is 11.8 Å². The Kier molecular flexibility index (Phi) is 10.3. The van der Waals surface area contributed by atoms with Crippen LogP contribution in [0.15, 0.2) is 83.8 Å². The number of sulfonamides is 1. The lowest BCUT2D eigenvalue weighted by Crippen LogP contribution is -2.53. The number of amides is 2. The average molecular weight is 598 g/mol. The van der Waals surface area contributed by atoms with E-state index in [0.29, 0.717) is 12.2 Å². The van der Waals surface area contributed by atoms with Crippen molar-refractivity contribution in [3.63, 3.8) is 0 Å². The van der Waals surface area contributed by atoms with Gasteiger partial charge in [-0.2, -0.15) is 0 Å². The highest BCUT2D eigenvalue weighted by Gasteiger charge is 2.35. The van der Waals surface area contributed by atoms with Crippen molar-refractivity contribution in [3.05, 3.63) is 89.4 Å². The third kappa shape index (κ3) is 7.40. The summed E-state index contributed by atoms with van der Waals surface area (Å²) in [6.45, 7) is 1.42. The zero-order chi connectivity index (χ0) is 29.4. The van der Waals surface area contributed by atoms with Gasteiger partial charge in [-0.1, -0.05) is 73.8 Å². The quantitative estimate of drug-likeness (QED) is 0.301. The summed E-state index contributed by atoms with van der Waals surface area (Å²) in [7, 11) is -2.60. The number of nitrogens with zero attached hydrogens (tertiary/aromatic N) is 2. The smallest absolute Gasteiger partial charge is 0.264 e. The van der Waals surface area contributed by atoms with E-state index in [1.165, 1.54) is 17.0 Å². The fourth-order valence-corrected chi connectivity index (χ4v) is 6.84. The maximum Gasteiger partial charge on any atom is 0.264 e. The Balaban J connectivity index is 1.71. The summed E-state index contributed by atoms with van der Waals surface area (Å²) in [5.74, 6) is -0.0957. The molecule has 0 aromatic heterocycles. The summed E-state index contributed by atoms with van der Waals surface area (Å²) < 4.78 is 34.0. The van der Waals surface area contributed by atoms with E-state index in [2.05, 4.69) is 5.32 Å². The normalized spacial score (nSPS) is 14.3. The van der Waals surface area contributed by atoms with Crippen LogP contribution >= 0.6 is 11.6 Å². The van der Waals surface area contributed by atoms with Gasteiger partial charge in [0.05, 0.1) is 22.7 Å². The number of ether oxygens (including phenoxy) is 1. The Bertz CT molecular complexity index is 1430. The van der Waals surface area contributed by atoms with Gasteiger partial charge in [-0.05, 0) is 61.2 Å². The van der Waals surface area contributed by atoms with E-state index in [1.807, 2.05) is 19.1 Å². The molecule has 1 unspecified atom stereocenters. The van der Waals surface area contributed by atoms with Crippen LogP contribution in [0.5, 0.6) is 5.75 Å². The standard InChI is InChI=1S/C31H36ClN3O5S/c1-3-28(31(37)33-24-11-7-8-12-24)34(21-23-17-19-25(40-2)20-18-23)30(36)22-35(29-16-10-9-15-27(29)32)41(38,39)26-13-5-4-6-14-26/h4-6,9-10,13-20,24,28H,3,7-8,11-12,21-22H2,1-2H3,(H,33,37). The monoisotopic (exact) mass is 597 g/mol. The number of nitrogens with one attached hydrogen (secondary N) is 1. The Morgan fingerprint density at radius 1 is 0.976 bits per heavy atom. The largest absolute Gasteiger partial charge is 0.497 e. The summed E-state index contributed by atoms with van der Waals surface area (Å²) >= 11 is 6.46. The van der Waals surface area contributed by atoms with E-state index in [1.54, 1.807) is 61.7 Å². The van der Waals surface area contributed by atoms with E-state index in [0.717, 1.165) is 35.6 Å². The summed E-state index contributed by atoms with van der Waals surface area (Å²) in [5.41, 5.74) is 0.959. The van der Waals surface area contributed by atoms with Crippen molar-refractivity contribution in [3.8, 4) is 5.75 Å². The molecule has 1 fully saturated rings. The highest BCUT2D eigenvalue weighted by Crippen LogP contribution is 2.31. The predicted octanol–water partition coefficient (Wildman–Crippen LogP) is 5.41. The van der Waals surface area contributed by atoms with Crippen molar-refractivity contribution < 1.29 is 22.7 Å². The summed E-state index contributed by atoms with van der Waals surface area (Å²) in [4.78, 5) is 29.2. The molecule has 1 saturated carbocycles. The lowest BCUT2D eigenvalue weighted by Gasteiger charge is -2.34. The zero-order valence-electron chi connectivity index (χ0n) is 23.3. The number of methoxy groups -OCH3 is 1. The average Bonchev–Trinajstić information content (AvgIpc) is 3.50. The second kappa shape index (κ2) is 13.9. The van der Waals surface area contributed by atoms with Gasteiger partial charge >= 0.3 is 0 Å². The maximum atomic E-state index is 14.2. The van der Waals surface area contributed by atoms with Crippen molar-refractivity contribution in [1.82, 2.24) is 10.2 Å². The van der Waals surface area contributed by atoms with Crippen molar-refractivity contribution in [2.24, 2.45) is 0 Å². The van der Waals surface area contributed by atoms with Gasteiger partial charge in [0.1, 0.15) is 18.3 Å². The van der Waals surface area contributed by atoms with E-state index >= 15 is 0 Å². The molecule has 1 aliphatic rings. The molecule has 0 saturated heterocycles. The molecule has 0 bridgehead atoms. The van der Waals surface area contributed by atoms with Crippen LogP contribution in [0.4, 0.5) is 5.69 Å². The van der Waals surface area contributed by atoms with Crippen molar-refractivity contribution in [1.29, 1.82) is 0 Å². The highest BCUT2D eigenvalue weighted by molar-refractivity contribution is 7.92. The molecule has 0 aliphatic heterocycles. The Hall–Kier alpha value is -3.56. The number of carbonyl (C=O) groups is 2. The van der Waals surface area contributed by atoms with Gasteiger partial charge < -0.3 is 15.0 Å². The second-order valence-corrected chi connectivity index (χ2v) is 12.3. The van der Waals surface area contributed by atoms with Gasteiger partial charge in [-0.25, -0.2) is 8.42 Å². The first-order valence-electron chi connectivity index (χ1n) is 13.8. The number of benzene rings is 3. The third-order valence-electron chi connectivity index (χ3n) is 7.33. The van der Waals surface area contributed by atoms with Gasteiger partial charge in [0.25, 0.3) is 10.0 Å². The van der Waals surface area contributed by atoms with Gasteiger partial charge in [0.15, 0.2) is 0 Å². The van der Waals surface area contributed by atoms with Crippen LogP contribution in [-0.4, -0.2) is 50.9 Å². The van der Waals surface area contributed by atoms with Crippen LogP contribution in [0, 0.1) is 0 Å².